The van der Waals surface area contributed by atoms with Gasteiger partial charge >= 0.3 is 19.8 Å². The number of hydrogen-bond donors (Lipinski definition) is 5. The van der Waals surface area contributed by atoms with Gasteiger partial charge < -0.3 is 35.4 Å². The van der Waals surface area contributed by atoms with Gasteiger partial charge in [-0.3, -0.25) is 18.6 Å². The molecule has 0 amide bonds. The monoisotopic (exact) mass is 902 g/mol. The maximum Gasteiger partial charge on any atom is 0.472 e. The summed E-state index contributed by atoms with van der Waals surface area (Å²) in [6, 6.07) is 0. The molecule has 0 bridgehead atoms. The number of aliphatic hydroxyl groups excluding tert-OH is 3. The Hall–Kier alpha value is -1.63. The van der Waals surface area contributed by atoms with Crippen molar-refractivity contribution >= 4 is 19.8 Å². The first kappa shape index (κ1) is 58.4. The number of rotatable bonds is 43. The van der Waals surface area contributed by atoms with Crippen LogP contribution < -0.4 is 5.73 Å². The highest BCUT2D eigenvalue weighted by atomic mass is 31.2. The van der Waals surface area contributed by atoms with Crippen molar-refractivity contribution in [2.45, 2.75) is 237 Å². The van der Waals surface area contributed by atoms with Gasteiger partial charge in [0.15, 0.2) is 6.10 Å². The molecular formula is C49H92NO11P. The van der Waals surface area contributed by atoms with E-state index < -0.39 is 50.8 Å². The highest BCUT2D eigenvalue weighted by Gasteiger charge is 2.39. The second-order valence-corrected chi connectivity index (χ2v) is 19.1. The lowest BCUT2D eigenvalue weighted by Crippen LogP contribution is -2.29. The quantitative estimate of drug-likeness (QED) is 0.0168. The molecule has 12 nitrogen and oxygen atoms in total. The van der Waals surface area contributed by atoms with Crippen LogP contribution in [0.3, 0.4) is 0 Å². The Kier molecular flexibility index (Phi) is 37.4. The summed E-state index contributed by atoms with van der Waals surface area (Å²) < 4.78 is 32.9. The SMILES string of the molecule is CCCCCCCCCCCCCCCCCCCCCCCC(=O)O[C@H](COC(=O)CCC/C=C/C[C@@H]1[C@@H](/C=C/[C@@H](O)CCCCC)[C@H](O)C[C@@H]1O)COP(=O)(O)OCCN. The van der Waals surface area contributed by atoms with Gasteiger partial charge in [0.2, 0.25) is 0 Å². The van der Waals surface area contributed by atoms with Crippen molar-refractivity contribution < 1.29 is 52.9 Å². The van der Waals surface area contributed by atoms with E-state index in [0.29, 0.717) is 38.5 Å². The van der Waals surface area contributed by atoms with Gasteiger partial charge in [-0.25, -0.2) is 4.57 Å². The number of phosphoric acid groups is 1. The van der Waals surface area contributed by atoms with E-state index in [9.17, 15) is 34.4 Å². The smallest absolute Gasteiger partial charge is 0.462 e. The summed E-state index contributed by atoms with van der Waals surface area (Å²) >= 11 is 0. The lowest BCUT2D eigenvalue weighted by molar-refractivity contribution is -0.161. The van der Waals surface area contributed by atoms with Gasteiger partial charge in [-0.15, -0.1) is 0 Å². The normalized spacial score (nSPS) is 19.9. The molecule has 1 aliphatic carbocycles. The maximum atomic E-state index is 12.7. The molecule has 1 rings (SSSR count). The number of unbranched alkanes of at least 4 members (excludes halogenated alkanes) is 23. The van der Waals surface area contributed by atoms with E-state index in [-0.39, 0.29) is 44.4 Å². The largest absolute Gasteiger partial charge is 0.472 e. The molecule has 1 aliphatic rings. The molecule has 0 aromatic heterocycles. The number of hydrogen-bond acceptors (Lipinski definition) is 11. The van der Waals surface area contributed by atoms with Crippen molar-refractivity contribution in [3.63, 3.8) is 0 Å². The number of ether oxygens (including phenoxy) is 2. The summed E-state index contributed by atoms with van der Waals surface area (Å²) in [5.41, 5.74) is 5.36. The van der Waals surface area contributed by atoms with E-state index in [1.54, 1.807) is 6.08 Å². The van der Waals surface area contributed by atoms with Gasteiger partial charge in [0.05, 0.1) is 31.5 Å². The first-order valence-corrected chi connectivity index (χ1v) is 26.6. The topological polar surface area (TPSA) is 195 Å². The van der Waals surface area contributed by atoms with Crippen LogP contribution in [0, 0.1) is 11.8 Å². The van der Waals surface area contributed by atoms with Crippen LogP contribution in [0.5, 0.6) is 0 Å². The van der Waals surface area contributed by atoms with Gasteiger partial charge in [0, 0.05) is 31.7 Å². The molecule has 1 saturated carbocycles. The average molecular weight is 902 g/mol. The Balaban J connectivity index is 2.29. The van der Waals surface area contributed by atoms with Crippen molar-refractivity contribution in [3.05, 3.63) is 24.3 Å². The van der Waals surface area contributed by atoms with Crippen LogP contribution >= 0.6 is 7.82 Å². The minimum atomic E-state index is -4.44. The highest BCUT2D eigenvalue weighted by molar-refractivity contribution is 7.47. The van der Waals surface area contributed by atoms with Crippen LogP contribution in [0.1, 0.15) is 213 Å². The zero-order valence-corrected chi connectivity index (χ0v) is 40.1. The Bertz CT molecular complexity index is 1190. The third-order valence-corrected chi connectivity index (χ3v) is 12.9. The van der Waals surface area contributed by atoms with Crippen LogP contribution in [0.2, 0.25) is 0 Å². The van der Waals surface area contributed by atoms with Crippen molar-refractivity contribution in [2.24, 2.45) is 17.6 Å². The predicted molar refractivity (Wildman–Crippen MR) is 249 cm³/mol. The summed E-state index contributed by atoms with van der Waals surface area (Å²) in [4.78, 5) is 35.2. The zero-order valence-electron chi connectivity index (χ0n) is 39.2. The highest BCUT2D eigenvalue weighted by Crippen LogP contribution is 2.43. The van der Waals surface area contributed by atoms with E-state index >= 15 is 0 Å². The second-order valence-electron chi connectivity index (χ2n) is 17.7. The van der Waals surface area contributed by atoms with Crippen molar-refractivity contribution in [2.75, 3.05) is 26.4 Å². The molecule has 0 saturated heterocycles. The Morgan fingerprint density at radius 3 is 1.74 bits per heavy atom. The van der Waals surface area contributed by atoms with E-state index in [2.05, 4.69) is 13.8 Å². The summed E-state index contributed by atoms with van der Waals surface area (Å²) in [6.07, 6.45) is 37.4. The standard InChI is InChI=1S/C49H92NO11P/c1-3-5-7-8-9-10-11-12-13-14-15-16-17-18-19-20-21-22-23-24-30-34-49(55)61-43(41-60-62(56,57)59-38-37-50)40-58-48(54)33-29-26-25-28-32-44-45(47(53)39-46(44)52)36-35-42(51)31-27-6-4-2/h25,28,35-36,42-47,51-53H,3-24,26-27,29-34,37-41,50H2,1-2H3,(H,56,57)/b28-25+,36-35+/t42-,43+,44+,45+,46-,47+/m0/s1. The Morgan fingerprint density at radius 1 is 0.677 bits per heavy atom. The van der Waals surface area contributed by atoms with Crippen LogP contribution in [0.15, 0.2) is 24.3 Å². The molecule has 0 aromatic rings. The lowest BCUT2D eigenvalue weighted by Gasteiger charge is -2.20. The molecule has 1 fully saturated rings. The lowest BCUT2D eigenvalue weighted by atomic mass is 9.89. The first-order valence-electron chi connectivity index (χ1n) is 25.1. The summed E-state index contributed by atoms with van der Waals surface area (Å²) in [7, 11) is -4.44. The number of allylic oxidation sites excluding steroid dienone is 2. The second kappa shape index (κ2) is 39.7. The van der Waals surface area contributed by atoms with Crippen molar-refractivity contribution in [1.29, 1.82) is 0 Å². The van der Waals surface area contributed by atoms with Gasteiger partial charge in [-0.2, -0.15) is 0 Å². The Morgan fingerprint density at radius 2 is 1.19 bits per heavy atom. The number of esters is 2. The molecular weight excluding hydrogens is 810 g/mol. The summed E-state index contributed by atoms with van der Waals surface area (Å²) in [5.74, 6) is -1.41. The maximum absolute atomic E-state index is 12.7. The van der Waals surface area contributed by atoms with E-state index in [0.717, 1.165) is 38.5 Å². The molecule has 0 aromatic carbocycles. The van der Waals surface area contributed by atoms with Crippen molar-refractivity contribution in [3.8, 4) is 0 Å². The third-order valence-electron chi connectivity index (χ3n) is 11.9. The number of carbonyl (C=O) groups excluding carboxylic acids is 2. The minimum Gasteiger partial charge on any atom is -0.462 e. The molecule has 13 heteroatoms. The van der Waals surface area contributed by atoms with Crippen LogP contribution in [0.4, 0.5) is 0 Å². The van der Waals surface area contributed by atoms with Gasteiger partial charge in [0.1, 0.15) is 6.61 Å². The van der Waals surface area contributed by atoms with Crippen LogP contribution in [-0.2, 0) is 32.7 Å². The molecule has 1 unspecified atom stereocenters. The number of aliphatic hydroxyl groups is 3. The zero-order chi connectivity index (χ0) is 45.5. The van der Waals surface area contributed by atoms with E-state index in [4.69, 9.17) is 24.3 Å². The average Bonchev–Trinajstić information content (AvgIpc) is 3.52. The fourth-order valence-corrected chi connectivity index (χ4v) is 8.87. The fraction of sp³-hybridized carbons (Fsp3) is 0.878. The molecule has 0 heterocycles. The molecule has 0 radical (unpaired) electrons. The molecule has 6 N–H and O–H groups in total. The first-order chi connectivity index (χ1) is 30.0. The van der Waals surface area contributed by atoms with Gasteiger partial charge in [-0.05, 0) is 38.0 Å². The molecule has 364 valence electrons. The number of nitrogens with two attached hydrogens (primary N) is 1. The molecule has 0 spiro atoms. The summed E-state index contributed by atoms with van der Waals surface area (Å²) in [5, 5.41) is 31.3. The molecule has 62 heavy (non-hydrogen) atoms. The predicted octanol–water partition coefficient (Wildman–Crippen LogP) is 11.1. The Labute approximate surface area is 377 Å². The minimum absolute atomic E-state index is 0.0203. The van der Waals surface area contributed by atoms with Crippen LogP contribution in [0.25, 0.3) is 0 Å². The van der Waals surface area contributed by atoms with Crippen LogP contribution in [-0.4, -0.2) is 82.9 Å². The third kappa shape index (κ3) is 32.9. The fourth-order valence-electron chi connectivity index (χ4n) is 8.10. The van der Waals surface area contributed by atoms with E-state index in [1.807, 2.05) is 18.2 Å². The molecule has 7 atom stereocenters. The summed E-state index contributed by atoms with van der Waals surface area (Å²) in [6.45, 7) is 3.39. The number of carbonyl (C=O) groups is 2. The van der Waals surface area contributed by atoms with Crippen molar-refractivity contribution in [1.82, 2.24) is 0 Å². The van der Waals surface area contributed by atoms with E-state index in [1.165, 1.54) is 109 Å². The van der Waals surface area contributed by atoms with Gasteiger partial charge in [0.25, 0.3) is 0 Å². The van der Waals surface area contributed by atoms with Gasteiger partial charge in [-0.1, -0.05) is 186 Å². The number of phosphoric ester groups is 1. The molecule has 0 aliphatic heterocycles.